The van der Waals surface area contributed by atoms with Gasteiger partial charge in [0.05, 0.1) is 6.04 Å². The van der Waals surface area contributed by atoms with Gasteiger partial charge in [0.25, 0.3) is 0 Å². The molecule has 4 N–H and O–H groups in total. The molecule has 0 aromatic heterocycles. The fourth-order valence-corrected chi connectivity index (χ4v) is 2.66. The number of rotatable bonds is 8. The number of hydrogen-bond acceptors (Lipinski definition) is 5. The van der Waals surface area contributed by atoms with Crippen LogP contribution in [0.4, 0.5) is 0 Å². The average molecular weight is 394 g/mol. The summed E-state index contributed by atoms with van der Waals surface area (Å²) in [7, 11) is 1.81. The molecule has 1 aliphatic heterocycles. The molecular formula is C17H29Cl2N3O3. The number of amides is 1. The quantitative estimate of drug-likeness (QED) is 0.659. The summed E-state index contributed by atoms with van der Waals surface area (Å²) in [5, 5.41) is 0. The lowest BCUT2D eigenvalue weighted by molar-refractivity contribution is -0.133. The van der Waals surface area contributed by atoms with Crippen LogP contribution in [-0.4, -0.2) is 43.3 Å². The molecule has 1 aliphatic rings. The van der Waals surface area contributed by atoms with Crippen LogP contribution in [0.15, 0.2) is 18.2 Å². The fourth-order valence-electron chi connectivity index (χ4n) is 2.66. The third kappa shape index (κ3) is 6.55. The van der Waals surface area contributed by atoms with Gasteiger partial charge in [0.1, 0.15) is 0 Å². The maximum absolute atomic E-state index is 12.4. The van der Waals surface area contributed by atoms with E-state index in [1.807, 2.05) is 32.2 Å². The molecule has 8 heteroatoms. The lowest BCUT2D eigenvalue weighted by Gasteiger charge is -2.28. The van der Waals surface area contributed by atoms with E-state index in [0.29, 0.717) is 13.0 Å². The lowest BCUT2D eigenvalue weighted by Crippen LogP contribution is -2.46. The molecule has 25 heavy (non-hydrogen) atoms. The number of fused-ring (bicyclic) bond motifs is 1. The Balaban J connectivity index is 0.00000288. The molecular weight excluding hydrogens is 365 g/mol. The van der Waals surface area contributed by atoms with Crippen LogP contribution in [0.5, 0.6) is 11.5 Å². The van der Waals surface area contributed by atoms with Gasteiger partial charge >= 0.3 is 0 Å². The first kappa shape index (κ1) is 23.8. The van der Waals surface area contributed by atoms with Gasteiger partial charge in [-0.1, -0.05) is 12.5 Å². The third-order valence-corrected chi connectivity index (χ3v) is 4.26. The number of nitrogens with two attached hydrogens (primary N) is 2. The molecule has 2 rings (SSSR count). The predicted octanol–water partition coefficient (Wildman–Crippen LogP) is 2.10. The minimum Gasteiger partial charge on any atom is -0.454 e. The maximum Gasteiger partial charge on any atom is 0.239 e. The number of likely N-dealkylation sites (N-methyl/N-ethyl adjacent to an activating group) is 1. The topological polar surface area (TPSA) is 90.8 Å². The normalized spacial score (nSPS) is 14.1. The second-order valence-corrected chi connectivity index (χ2v) is 6.08. The van der Waals surface area contributed by atoms with Gasteiger partial charge < -0.3 is 25.8 Å². The average Bonchev–Trinajstić information content (AvgIpc) is 3.01. The second-order valence-electron chi connectivity index (χ2n) is 6.08. The summed E-state index contributed by atoms with van der Waals surface area (Å²) in [6, 6.07) is 5.49. The molecule has 0 saturated carbocycles. The first-order valence-corrected chi connectivity index (χ1v) is 8.13. The van der Waals surface area contributed by atoms with E-state index >= 15 is 0 Å². The summed E-state index contributed by atoms with van der Waals surface area (Å²) in [6.45, 7) is 2.93. The van der Waals surface area contributed by atoms with E-state index in [9.17, 15) is 4.79 Å². The number of halogens is 2. The van der Waals surface area contributed by atoms with Gasteiger partial charge in [-0.15, -0.1) is 24.8 Å². The smallest absolute Gasteiger partial charge is 0.239 e. The van der Waals surface area contributed by atoms with Gasteiger partial charge in [-0.25, -0.2) is 0 Å². The monoisotopic (exact) mass is 393 g/mol. The van der Waals surface area contributed by atoms with Crippen LogP contribution in [-0.2, 0) is 11.2 Å². The molecule has 0 saturated heterocycles. The number of carbonyl (C=O) groups excluding carboxylic acids is 1. The lowest BCUT2D eigenvalue weighted by atomic mass is 10.0. The van der Waals surface area contributed by atoms with Crippen LogP contribution < -0.4 is 20.9 Å². The molecule has 1 amide bonds. The molecule has 1 aromatic rings. The summed E-state index contributed by atoms with van der Waals surface area (Å²) < 4.78 is 10.7. The zero-order valence-corrected chi connectivity index (χ0v) is 16.4. The van der Waals surface area contributed by atoms with Gasteiger partial charge in [0.15, 0.2) is 11.5 Å². The van der Waals surface area contributed by atoms with Crippen molar-refractivity contribution in [1.82, 2.24) is 4.90 Å². The zero-order chi connectivity index (χ0) is 16.8. The standard InChI is InChI=1S/C17H27N3O3.2ClH/c1-12(20(2)17(21)14(19)5-3-4-8-18)9-13-6-7-15-16(10-13)23-11-22-15;;/h6-7,10,12,14H,3-5,8-9,11,18-19H2,1-2H3;2*1H/t12?,14-;;/m0../s1. The predicted molar refractivity (Wildman–Crippen MR) is 104 cm³/mol. The Morgan fingerprint density at radius 2 is 1.92 bits per heavy atom. The van der Waals surface area contributed by atoms with Crippen molar-refractivity contribution in [2.24, 2.45) is 11.5 Å². The second kappa shape index (κ2) is 11.4. The number of nitrogens with zero attached hydrogens (tertiary/aromatic N) is 1. The number of carbonyl (C=O) groups is 1. The van der Waals surface area contributed by atoms with E-state index in [1.165, 1.54) is 0 Å². The highest BCUT2D eigenvalue weighted by Crippen LogP contribution is 2.32. The molecule has 0 radical (unpaired) electrons. The van der Waals surface area contributed by atoms with E-state index < -0.39 is 6.04 Å². The Morgan fingerprint density at radius 3 is 2.60 bits per heavy atom. The first-order chi connectivity index (χ1) is 11.0. The Bertz CT molecular complexity index is 546. The Hall–Kier alpha value is -1.21. The number of benzene rings is 1. The third-order valence-electron chi connectivity index (χ3n) is 4.26. The van der Waals surface area contributed by atoms with Crippen LogP contribution in [0.1, 0.15) is 31.7 Å². The fraction of sp³-hybridized carbons (Fsp3) is 0.588. The van der Waals surface area contributed by atoms with Crippen LogP contribution >= 0.6 is 24.8 Å². The minimum absolute atomic E-state index is 0. The van der Waals surface area contributed by atoms with Crippen LogP contribution in [0.3, 0.4) is 0 Å². The number of unbranched alkanes of at least 4 members (excludes halogenated alkanes) is 1. The Kier molecular flexibility index (Phi) is 10.9. The molecule has 1 unspecified atom stereocenters. The molecule has 0 aliphatic carbocycles. The molecule has 0 fully saturated rings. The van der Waals surface area contributed by atoms with Crippen molar-refractivity contribution in [3.05, 3.63) is 23.8 Å². The van der Waals surface area contributed by atoms with Crippen LogP contribution in [0.2, 0.25) is 0 Å². The SMILES string of the molecule is CC(Cc1ccc2c(c1)OCO2)N(C)C(=O)[C@@H](N)CCCCN.Cl.Cl. The zero-order valence-electron chi connectivity index (χ0n) is 14.8. The maximum atomic E-state index is 12.4. The van der Waals surface area contributed by atoms with Gasteiger partial charge in [-0.2, -0.15) is 0 Å². The van der Waals surface area contributed by atoms with Gasteiger partial charge in [-0.05, 0) is 50.4 Å². The highest BCUT2D eigenvalue weighted by molar-refractivity contribution is 5.85. The highest BCUT2D eigenvalue weighted by Gasteiger charge is 2.22. The van der Waals surface area contributed by atoms with Crippen molar-refractivity contribution in [3.8, 4) is 11.5 Å². The number of ether oxygens (including phenoxy) is 2. The van der Waals surface area contributed by atoms with Gasteiger partial charge in [0.2, 0.25) is 12.7 Å². The van der Waals surface area contributed by atoms with E-state index in [0.717, 1.165) is 36.3 Å². The Morgan fingerprint density at radius 1 is 1.24 bits per heavy atom. The summed E-state index contributed by atoms with van der Waals surface area (Å²) >= 11 is 0. The van der Waals surface area contributed by atoms with E-state index in [-0.39, 0.29) is 43.6 Å². The summed E-state index contributed by atoms with van der Waals surface area (Å²) in [6.07, 6.45) is 3.21. The first-order valence-electron chi connectivity index (χ1n) is 8.13. The summed E-state index contributed by atoms with van der Waals surface area (Å²) in [5.74, 6) is 1.52. The molecule has 144 valence electrons. The number of hydrogen-bond donors (Lipinski definition) is 2. The summed E-state index contributed by atoms with van der Waals surface area (Å²) in [5.41, 5.74) is 12.6. The molecule has 1 heterocycles. The molecule has 6 nitrogen and oxygen atoms in total. The van der Waals surface area contributed by atoms with E-state index in [4.69, 9.17) is 20.9 Å². The van der Waals surface area contributed by atoms with E-state index in [2.05, 4.69) is 0 Å². The highest BCUT2D eigenvalue weighted by atomic mass is 35.5. The van der Waals surface area contributed by atoms with Crippen molar-refractivity contribution < 1.29 is 14.3 Å². The minimum atomic E-state index is -0.453. The van der Waals surface area contributed by atoms with Crippen molar-refractivity contribution in [2.45, 2.75) is 44.7 Å². The summed E-state index contributed by atoms with van der Waals surface area (Å²) in [4.78, 5) is 14.1. The molecule has 2 atom stereocenters. The van der Waals surface area contributed by atoms with Crippen LogP contribution in [0.25, 0.3) is 0 Å². The molecule has 0 bridgehead atoms. The molecule has 1 aromatic carbocycles. The van der Waals surface area contributed by atoms with Crippen molar-refractivity contribution in [3.63, 3.8) is 0 Å². The van der Waals surface area contributed by atoms with Gasteiger partial charge in [0, 0.05) is 13.1 Å². The molecule has 0 spiro atoms. The van der Waals surface area contributed by atoms with Crippen molar-refractivity contribution >= 4 is 30.7 Å². The van der Waals surface area contributed by atoms with E-state index in [1.54, 1.807) is 4.90 Å². The van der Waals surface area contributed by atoms with Crippen molar-refractivity contribution in [1.29, 1.82) is 0 Å². The van der Waals surface area contributed by atoms with Crippen LogP contribution in [0, 0.1) is 0 Å². The largest absolute Gasteiger partial charge is 0.454 e. The Labute approximate surface area is 162 Å². The van der Waals surface area contributed by atoms with Gasteiger partial charge in [-0.3, -0.25) is 4.79 Å². The van der Waals surface area contributed by atoms with Crippen molar-refractivity contribution in [2.75, 3.05) is 20.4 Å².